The van der Waals surface area contributed by atoms with Gasteiger partial charge in [-0.2, -0.15) is 0 Å². The average Bonchev–Trinajstić information content (AvgIpc) is 2.50. The molecule has 0 bridgehead atoms. The van der Waals surface area contributed by atoms with Crippen LogP contribution in [0.15, 0.2) is 48.5 Å². The Kier molecular flexibility index (Phi) is 6.56. The van der Waals surface area contributed by atoms with Crippen molar-refractivity contribution in [3.63, 3.8) is 0 Å². The van der Waals surface area contributed by atoms with Crippen LogP contribution in [-0.4, -0.2) is 19.1 Å². The van der Waals surface area contributed by atoms with Crippen molar-refractivity contribution >= 4 is 29.2 Å². The second kappa shape index (κ2) is 8.66. The molecule has 2 rings (SSSR count). The summed E-state index contributed by atoms with van der Waals surface area (Å²) < 4.78 is 0. The maximum Gasteiger partial charge on any atom is 0.314 e. The zero-order valence-corrected chi connectivity index (χ0v) is 13.6. The van der Waals surface area contributed by atoms with Crippen LogP contribution in [0.5, 0.6) is 0 Å². The normalized spacial score (nSPS) is 10.3. The van der Waals surface area contributed by atoms with Gasteiger partial charge in [0.25, 0.3) is 0 Å². The molecule has 5 heteroatoms. The lowest BCUT2D eigenvalue weighted by Crippen LogP contribution is -2.37. The van der Waals surface area contributed by atoms with E-state index in [1.165, 1.54) is 5.56 Å². The predicted molar refractivity (Wildman–Crippen MR) is 91.7 cm³/mol. The second-order valence-electron chi connectivity index (χ2n) is 4.90. The average molecular weight is 337 g/mol. The van der Waals surface area contributed by atoms with Gasteiger partial charge in [-0.25, -0.2) is 4.79 Å². The lowest BCUT2D eigenvalue weighted by molar-refractivity contribution is 0.241. The van der Waals surface area contributed by atoms with Crippen LogP contribution < -0.4 is 10.6 Å². The van der Waals surface area contributed by atoms with Crippen LogP contribution in [0.25, 0.3) is 0 Å². The first-order chi connectivity index (χ1) is 10.6. The molecule has 2 amide bonds. The summed E-state index contributed by atoms with van der Waals surface area (Å²) in [5.41, 5.74) is 2.17. The molecule has 0 fully saturated rings. The van der Waals surface area contributed by atoms with Crippen molar-refractivity contribution in [3.05, 3.63) is 69.7 Å². The van der Waals surface area contributed by atoms with Gasteiger partial charge in [0.05, 0.1) is 0 Å². The second-order valence-corrected chi connectivity index (χ2v) is 5.75. The minimum absolute atomic E-state index is 0.166. The zero-order chi connectivity index (χ0) is 15.8. The van der Waals surface area contributed by atoms with E-state index in [1.807, 2.05) is 36.4 Å². The van der Waals surface area contributed by atoms with Gasteiger partial charge in [-0.15, -0.1) is 0 Å². The quantitative estimate of drug-likeness (QED) is 0.819. The molecule has 2 N–H and O–H groups in total. The maximum absolute atomic E-state index is 11.7. The van der Waals surface area contributed by atoms with Crippen LogP contribution in [0.3, 0.4) is 0 Å². The molecule has 2 aromatic carbocycles. The summed E-state index contributed by atoms with van der Waals surface area (Å²) >= 11 is 11.9. The summed E-state index contributed by atoms with van der Waals surface area (Å²) in [5, 5.41) is 6.89. The maximum atomic E-state index is 11.7. The minimum Gasteiger partial charge on any atom is -0.338 e. The van der Waals surface area contributed by atoms with E-state index in [2.05, 4.69) is 10.6 Å². The summed E-state index contributed by atoms with van der Waals surface area (Å²) in [7, 11) is 0. The Morgan fingerprint density at radius 3 is 2.27 bits per heavy atom. The lowest BCUT2D eigenvalue weighted by atomic mass is 10.1. The molecular formula is C17H18Cl2N2O. The number of benzene rings is 2. The Morgan fingerprint density at radius 1 is 0.909 bits per heavy atom. The van der Waals surface area contributed by atoms with Gasteiger partial charge in [-0.05, 0) is 36.1 Å². The van der Waals surface area contributed by atoms with Crippen LogP contribution >= 0.6 is 23.2 Å². The summed E-state index contributed by atoms with van der Waals surface area (Å²) in [5.74, 6) is 0. The monoisotopic (exact) mass is 336 g/mol. The standard InChI is InChI=1S/C17H18Cl2N2O/c18-15-7-6-14(16(19)12-15)9-11-21-17(22)20-10-8-13-4-2-1-3-5-13/h1-7,12H,8-11H2,(H2,20,21,22). The Morgan fingerprint density at radius 2 is 1.59 bits per heavy atom. The summed E-state index contributed by atoms with van der Waals surface area (Å²) in [6.07, 6.45) is 1.49. The Balaban J connectivity index is 1.65. The molecule has 0 aromatic heterocycles. The number of hydrogen-bond acceptors (Lipinski definition) is 1. The molecule has 116 valence electrons. The van der Waals surface area contributed by atoms with Gasteiger partial charge in [0.15, 0.2) is 0 Å². The fraction of sp³-hybridized carbons (Fsp3) is 0.235. The number of amides is 2. The molecule has 0 atom stereocenters. The molecule has 0 unspecified atom stereocenters. The highest BCUT2D eigenvalue weighted by atomic mass is 35.5. The predicted octanol–water partition coefficient (Wildman–Crippen LogP) is 4.08. The van der Waals surface area contributed by atoms with E-state index in [0.29, 0.717) is 29.6 Å². The van der Waals surface area contributed by atoms with Crippen molar-refractivity contribution in [2.24, 2.45) is 0 Å². The molecule has 0 saturated heterocycles. The highest BCUT2D eigenvalue weighted by Crippen LogP contribution is 2.20. The van der Waals surface area contributed by atoms with E-state index < -0.39 is 0 Å². The zero-order valence-electron chi connectivity index (χ0n) is 12.1. The van der Waals surface area contributed by atoms with Gasteiger partial charge in [0.1, 0.15) is 0 Å². The molecule has 0 radical (unpaired) electrons. The van der Waals surface area contributed by atoms with Crippen LogP contribution in [0.4, 0.5) is 4.79 Å². The van der Waals surface area contributed by atoms with Gasteiger partial charge in [-0.1, -0.05) is 59.6 Å². The van der Waals surface area contributed by atoms with Crippen molar-refractivity contribution in [1.29, 1.82) is 0 Å². The van der Waals surface area contributed by atoms with E-state index in [-0.39, 0.29) is 6.03 Å². The number of nitrogens with one attached hydrogen (secondary N) is 2. The van der Waals surface area contributed by atoms with E-state index in [0.717, 1.165) is 12.0 Å². The van der Waals surface area contributed by atoms with Crippen molar-refractivity contribution < 1.29 is 4.79 Å². The van der Waals surface area contributed by atoms with Crippen molar-refractivity contribution in [1.82, 2.24) is 10.6 Å². The largest absolute Gasteiger partial charge is 0.338 e. The third-order valence-electron chi connectivity index (χ3n) is 3.24. The molecule has 2 aromatic rings. The first-order valence-electron chi connectivity index (χ1n) is 7.15. The first kappa shape index (κ1) is 16.7. The van der Waals surface area contributed by atoms with E-state index in [1.54, 1.807) is 12.1 Å². The first-order valence-corrected chi connectivity index (χ1v) is 7.90. The van der Waals surface area contributed by atoms with Gasteiger partial charge >= 0.3 is 6.03 Å². The number of carbonyl (C=O) groups excluding carboxylic acids is 1. The van der Waals surface area contributed by atoms with Crippen LogP contribution in [0, 0.1) is 0 Å². The number of halogens is 2. The topological polar surface area (TPSA) is 41.1 Å². The van der Waals surface area contributed by atoms with Gasteiger partial charge in [0.2, 0.25) is 0 Å². The highest BCUT2D eigenvalue weighted by Gasteiger charge is 2.03. The Hall–Kier alpha value is -1.71. The molecule has 0 aliphatic carbocycles. The fourth-order valence-electron chi connectivity index (χ4n) is 2.06. The third-order valence-corrected chi connectivity index (χ3v) is 3.82. The number of hydrogen-bond donors (Lipinski definition) is 2. The molecule has 0 aliphatic heterocycles. The molecule has 0 aliphatic rings. The van der Waals surface area contributed by atoms with Crippen molar-refractivity contribution in [3.8, 4) is 0 Å². The van der Waals surface area contributed by atoms with Gasteiger partial charge < -0.3 is 10.6 Å². The third kappa shape index (κ3) is 5.58. The lowest BCUT2D eigenvalue weighted by Gasteiger charge is -2.09. The molecule has 0 saturated carbocycles. The van der Waals surface area contributed by atoms with Crippen molar-refractivity contribution in [2.75, 3.05) is 13.1 Å². The van der Waals surface area contributed by atoms with Gasteiger partial charge in [0, 0.05) is 23.1 Å². The van der Waals surface area contributed by atoms with Crippen molar-refractivity contribution in [2.45, 2.75) is 12.8 Å². The van der Waals surface area contributed by atoms with Gasteiger partial charge in [-0.3, -0.25) is 0 Å². The SMILES string of the molecule is O=C(NCCc1ccccc1)NCCc1ccc(Cl)cc1Cl. The summed E-state index contributed by atoms with van der Waals surface area (Å²) in [6, 6.07) is 15.3. The smallest absolute Gasteiger partial charge is 0.314 e. The molecule has 0 heterocycles. The number of carbonyl (C=O) groups is 1. The summed E-state index contributed by atoms with van der Waals surface area (Å²) in [6.45, 7) is 1.13. The number of rotatable bonds is 6. The highest BCUT2D eigenvalue weighted by molar-refractivity contribution is 6.35. The minimum atomic E-state index is -0.166. The van der Waals surface area contributed by atoms with E-state index in [4.69, 9.17) is 23.2 Å². The Bertz CT molecular complexity index is 617. The van der Waals surface area contributed by atoms with E-state index in [9.17, 15) is 4.79 Å². The molecule has 0 spiro atoms. The Labute approximate surface area is 140 Å². The number of urea groups is 1. The molecular weight excluding hydrogens is 319 g/mol. The van der Waals surface area contributed by atoms with E-state index >= 15 is 0 Å². The van der Waals surface area contributed by atoms with Crippen LogP contribution in [0.1, 0.15) is 11.1 Å². The van der Waals surface area contributed by atoms with Crippen LogP contribution in [-0.2, 0) is 12.8 Å². The summed E-state index contributed by atoms with van der Waals surface area (Å²) in [4.78, 5) is 11.7. The molecule has 3 nitrogen and oxygen atoms in total. The van der Waals surface area contributed by atoms with Crippen LogP contribution in [0.2, 0.25) is 10.0 Å². The molecule has 22 heavy (non-hydrogen) atoms. The fourth-order valence-corrected chi connectivity index (χ4v) is 2.57.